The number of hydrogen-bond acceptors (Lipinski definition) is 6. The van der Waals surface area contributed by atoms with E-state index in [9.17, 15) is 9.59 Å². The topological polar surface area (TPSA) is 103 Å². The normalized spacial score (nSPS) is 12.2. The zero-order valence-corrected chi connectivity index (χ0v) is 11.8. The minimum Gasteiger partial charge on any atom is -0.453 e. The standard InChI is InChI=1S/C14H13N5O3/c1-9(22-13(20)7-19-8-16-17-18-19)14(21)11-6-15-12-5-3-2-4-10(11)12/h2-6,8-9,15H,7H2,1H3/t9-/m1/s1. The lowest BCUT2D eigenvalue weighted by atomic mass is 10.1. The summed E-state index contributed by atoms with van der Waals surface area (Å²) in [6.45, 7) is 1.40. The fourth-order valence-corrected chi connectivity index (χ4v) is 2.17. The first-order chi connectivity index (χ1) is 10.6. The number of benzene rings is 1. The molecule has 2 aromatic heterocycles. The smallest absolute Gasteiger partial charge is 0.328 e. The van der Waals surface area contributed by atoms with E-state index in [1.54, 1.807) is 13.1 Å². The first-order valence-electron chi connectivity index (χ1n) is 6.65. The average Bonchev–Trinajstić information content (AvgIpc) is 3.15. The molecular formula is C14H13N5O3. The Morgan fingerprint density at radius 1 is 1.36 bits per heavy atom. The number of esters is 1. The summed E-state index contributed by atoms with van der Waals surface area (Å²) in [4.78, 5) is 27.2. The maximum atomic E-state index is 12.4. The van der Waals surface area contributed by atoms with Crippen molar-refractivity contribution in [2.45, 2.75) is 19.6 Å². The number of carbonyl (C=O) groups excluding carboxylic acids is 2. The third-order valence-corrected chi connectivity index (χ3v) is 3.21. The molecule has 3 rings (SSSR count). The van der Waals surface area contributed by atoms with Crippen LogP contribution in [-0.4, -0.2) is 43.0 Å². The summed E-state index contributed by atoms with van der Waals surface area (Å²) in [5.41, 5.74) is 1.36. The van der Waals surface area contributed by atoms with Crippen LogP contribution in [0.5, 0.6) is 0 Å². The van der Waals surface area contributed by atoms with Crippen LogP contribution in [0.3, 0.4) is 0 Å². The number of aromatic amines is 1. The number of hydrogen-bond donors (Lipinski definition) is 1. The molecule has 112 valence electrons. The van der Waals surface area contributed by atoms with Gasteiger partial charge >= 0.3 is 5.97 Å². The molecule has 8 heteroatoms. The van der Waals surface area contributed by atoms with Gasteiger partial charge in [0.05, 0.1) is 0 Å². The number of aromatic nitrogens is 5. The van der Waals surface area contributed by atoms with E-state index < -0.39 is 12.1 Å². The van der Waals surface area contributed by atoms with Crippen molar-refractivity contribution >= 4 is 22.7 Å². The number of H-pyrrole nitrogens is 1. The van der Waals surface area contributed by atoms with E-state index in [2.05, 4.69) is 20.5 Å². The zero-order valence-electron chi connectivity index (χ0n) is 11.8. The Labute approximate surface area is 125 Å². The number of para-hydroxylation sites is 1. The van der Waals surface area contributed by atoms with Crippen LogP contribution < -0.4 is 0 Å². The highest BCUT2D eigenvalue weighted by atomic mass is 16.5. The van der Waals surface area contributed by atoms with Gasteiger partial charge in [0.15, 0.2) is 6.10 Å². The quantitative estimate of drug-likeness (QED) is 0.556. The Bertz CT molecular complexity index is 809. The highest BCUT2D eigenvalue weighted by molar-refractivity contribution is 6.10. The van der Waals surface area contributed by atoms with E-state index >= 15 is 0 Å². The van der Waals surface area contributed by atoms with Crippen molar-refractivity contribution in [3.63, 3.8) is 0 Å². The second-order valence-electron chi connectivity index (χ2n) is 4.75. The number of nitrogens with one attached hydrogen (secondary N) is 1. The van der Waals surface area contributed by atoms with Gasteiger partial charge in [-0.3, -0.25) is 9.59 Å². The molecule has 0 radical (unpaired) electrons. The van der Waals surface area contributed by atoms with Gasteiger partial charge in [-0.15, -0.1) is 5.10 Å². The van der Waals surface area contributed by atoms with Crippen molar-refractivity contribution in [2.24, 2.45) is 0 Å². The molecule has 0 bridgehead atoms. The monoisotopic (exact) mass is 299 g/mol. The van der Waals surface area contributed by atoms with Crippen molar-refractivity contribution in [1.82, 2.24) is 25.2 Å². The van der Waals surface area contributed by atoms with Crippen LogP contribution in [0.25, 0.3) is 10.9 Å². The summed E-state index contributed by atoms with van der Waals surface area (Å²) < 4.78 is 6.37. The number of ether oxygens (including phenoxy) is 1. The van der Waals surface area contributed by atoms with Crippen LogP contribution in [0, 0.1) is 0 Å². The van der Waals surface area contributed by atoms with Crippen LogP contribution in [-0.2, 0) is 16.1 Å². The molecule has 0 fully saturated rings. The molecule has 0 spiro atoms. The van der Waals surface area contributed by atoms with E-state index in [0.717, 1.165) is 10.9 Å². The van der Waals surface area contributed by atoms with Gasteiger partial charge in [-0.1, -0.05) is 18.2 Å². The van der Waals surface area contributed by atoms with Crippen molar-refractivity contribution < 1.29 is 14.3 Å². The molecule has 0 aliphatic carbocycles. The fourth-order valence-electron chi connectivity index (χ4n) is 2.17. The van der Waals surface area contributed by atoms with E-state index in [-0.39, 0.29) is 12.3 Å². The highest BCUT2D eigenvalue weighted by Gasteiger charge is 2.22. The van der Waals surface area contributed by atoms with Crippen molar-refractivity contribution in [1.29, 1.82) is 0 Å². The summed E-state index contributed by atoms with van der Waals surface area (Å²) in [6, 6.07) is 7.44. The van der Waals surface area contributed by atoms with Gasteiger partial charge in [0, 0.05) is 22.7 Å². The SMILES string of the molecule is C[C@@H](OC(=O)Cn1cnnn1)C(=O)c1c[nH]c2ccccc12. The number of nitrogens with zero attached hydrogens (tertiary/aromatic N) is 4. The van der Waals surface area contributed by atoms with Crippen LogP contribution in [0.2, 0.25) is 0 Å². The number of tetrazole rings is 1. The first kappa shape index (κ1) is 13.9. The minimum atomic E-state index is -0.886. The van der Waals surface area contributed by atoms with Crippen molar-refractivity contribution in [3.8, 4) is 0 Å². The van der Waals surface area contributed by atoms with Crippen LogP contribution >= 0.6 is 0 Å². The third kappa shape index (κ3) is 2.71. The Morgan fingerprint density at radius 3 is 2.95 bits per heavy atom. The third-order valence-electron chi connectivity index (χ3n) is 3.21. The number of rotatable bonds is 5. The van der Waals surface area contributed by atoms with Gasteiger partial charge in [0.1, 0.15) is 12.9 Å². The lowest BCUT2D eigenvalue weighted by molar-refractivity contribution is -0.147. The van der Waals surface area contributed by atoms with Gasteiger partial charge in [0.25, 0.3) is 0 Å². The van der Waals surface area contributed by atoms with E-state index in [1.807, 2.05) is 24.3 Å². The van der Waals surface area contributed by atoms with Crippen LogP contribution in [0.4, 0.5) is 0 Å². The summed E-state index contributed by atoms with van der Waals surface area (Å²) in [5, 5.41) is 11.2. The van der Waals surface area contributed by atoms with Crippen LogP contribution in [0.1, 0.15) is 17.3 Å². The first-order valence-corrected chi connectivity index (χ1v) is 6.65. The lowest BCUT2D eigenvalue weighted by Gasteiger charge is -2.11. The van der Waals surface area contributed by atoms with E-state index in [4.69, 9.17) is 4.74 Å². The second-order valence-corrected chi connectivity index (χ2v) is 4.75. The Balaban J connectivity index is 1.70. The molecule has 0 saturated carbocycles. The Kier molecular flexibility index (Phi) is 3.65. The van der Waals surface area contributed by atoms with Crippen molar-refractivity contribution in [2.75, 3.05) is 0 Å². The average molecular weight is 299 g/mol. The van der Waals surface area contributed by atoms with E-state index in [1.165, 1.54) is 11.0 Å². The van der Waals surface area contributed by atoms with Crippen LogP contribution in [0.15, 0.2) is 36.8 Å². The van der Waals surface area contributed by atoms with Gasteiger partial charge in [0.2, 0.25) is 5.78 Å². The molecule has 1 atom stereocenters. The van der Waals surface area contributed by atoms with Gasteiger partial charge in [-0.2, -0.15) is 0 Å². The molecule has 22 heavy (non-hydrogen) atoms. The number of ketones is 1. The summed E-state index contributed by atoms with van der Waals surface area (Å²) in [5.74, 6) is -0.837. The minimum absolute atomic E-state index is 0.140. The van der Waals surface area contributed by atoms with Gasteiger partial charge in [-0.25, -0.2) is 4.68 Å². The predicted octanol–water partition coefficient (Wildman–Crippen LogP) is 0.969. The fraction of sp³-hybridized carbons (Fsp3) is 0.214. The maximum absolute atomic E-state index is 12.4. The maximum Gasteiger partial charge on any atom is 0.328 e. The lowest BCUT2D eigenvalue weighted by Crippen LogP contribution is -2.26. The highest BCUT2D eigenvalue weighted by Crippen LogP contribution is 2.19. The molecule has 0 aliphatic rings. The summed E-state index contributed by atoms with van der Waals surface area (Å²) >= 11 is 0. The molecule has 8 nitrogen and oxygen atoms in total. The largest absolute Gasteiger partial charge is 0.453 e. The zero-order chi connectivity index (χ0) is 15.5. The molecule has 0 unspecified atom stereocenters. The summed E-state index contributed by atoms with van der Waals surface area (Å²) in [6.07, 6.45) is 2.04. The number of fused-ring (bicyclic) bond motifs is 1. The molecule has 2 heterocycles. The molecule has 0 amide bonds. The number of Topliss-reactive ketones (excluding diaryl/α,β-unsaturated/α-hetero) is 1. The van der Waals surface area contributed by atoms with Crippen molar-refractivity contribution in [3.05, 3.63) is 42.4 Å². The molecule has 3 aromatic rings. The molecular weight excluding hydrogens is 286 g/mol. The second kappa shape index (κ2) is 5.76. The predicted molar refractivity (Wildman–Crippen MR) is 76.0 cm³/mol. The number of carbonyl (C=O) groups is 2. The molecule has 0 saturated heterocycles. The van der Waals surface area contributed by atoms with E-state index in [0.29, 0.717) is 5.56 Å². The molecule has 1 N–H and O–H groups in total. The summed E-state index contributed by atoms with van der Waals surface area (Å²) in [7, 11) is 0. The Hall–Kier alpha value is -3.03. The Morgan fingerprint density at radius 2 is 2.18 bits per heavy atom. The molecule has 1 aromatic carbocycles. The van der Waals surface area contributed by atoms with Gasteiger partial charge < -0.3 is 9.72 Å². The van der Waals surface area contributed by atoms with Gasteiger partial charge in [-0.05, 0) is 23.4 Å². The molecule has 0 aliphatic heterocycles.